The van der Waals surface area contributed by atoms with Crippen LogP contribution < -0.4 is 5.73 Å². The molecule has 1 atom stereocenters. The van der Waals surface area contributed by atoms with Gasteiger partial charge >= 0.3 is 0 Å². The fraction of sp³-hybridized carbons (Fsp3) is 0.222. The Kier molecular flexibility index (Phi) is 3.75. The van der Waals surface area contributed by atoms with Gasteiger partial charge in [0, 0.05) is 22.4 Å². The van der Waals surface area contributed by atoms with Gasteiger partial charge in [0.15, 0.2) is 11.5 Å². The number of benzene rings is 1. The third-order valence-corrected chi connectivity index (χ3v) is 6.60. The first kappa shape index (κ1) is 16.1. The van der Waals surface area contributed by atoms with Gasteiger partial charge in [-0.3, -0.25) is 9.31 Å². The number of nitrogen functional groups attached to an aromatic ring is 1. The molecule has 0 aliphatic heterocycles. The number of hydrogen-bond donors (Lipinski definition) is 2. The maximum Gasteiger partial charge on any atom is 0.239 e. The monoisotopic (exact) mass is 379 g/mol. The highest BCUT2D eigenvalue weighted by Crippen LogP contribution is 2.29. The lowest BCUT2D eigenvalue weighted by Crippen LogP contribution is -2.23. The number of rotatable bonds is 4. The van der Waals surface area contributed by atoms with Crippen LogP contribution in [0, 0.1) is 0 Å². The minimum absolute atomic E-state index is 0.202. The molecule has 1 saturated carbocycles. The van der Waals surface area contributed by atoms with Crippen molar-refractivity contribution in [3.05, 3.63) is 42.7 Å². The van der Waals surface area contributed by atoms with E-state index in [-0.39, 0.29) is 11.2 Å². The molecule has 0 spiro atoms. The summed E-state index contributed by atoms with van der Waals surface area (Å²) in [5.41, 5.74) is 8.01. The average Bonchev–Trinajstić information content (AvgIpc) is 3.26. The number of fused-ring (bicyclic) bond motifs is 1. The molecular weight excluding hydrogens is 362 g/mol. The van der Waals surface area contributed by atoms with Gasteiger partial charge < -0.3 is 5.73 Å². The second kappa shape index (κ2) is 6.27. The van der Waals surface area contributed by atoms with Crippen molar-refractivity contribution in [2.24, 2.45) is 0 Å². The second-order valence-corrected chi connectivity index (χ2v) is 8.32. The van der Waals surface area contributed by atoms with E-state index >= 15 is 0 Å². The van der Waals surface area contributed by atoms with Gasteiger partial charge in [-0.25, -0.2) is 9.67 Å². The number of aromatic nitrogens is 6. The molecule has 0 amide bonds. The molecule has 0 radical (unpaired) electrons. The van der Waals surface area contributed by atoms with Crippen molar-refractivity contribution in [2.75, 3.05) is 5.73 Å². The van der Waals surface area contributed by atoms with Gasteiger partial charge in [-0.15, -0.1) is 5.10 Å². The van der Waals surface area contributed by atoms with Crippen LogP contribution in [0.25, 0.3) is 28.1 Å². The molecular formula is C18H17N7OS. The van der Waals surface area contributed by atoms with E-state index in [2.05, 4.69) is 25.3 Å². The topological polar surface area (TPSA) is 115 Å². The molecule has 0 bridgehead atoms. The quantitative estimate of drug-likeness (QED) is 0.563. The summed E-state index contributed by atoms with van der Waals surface area (Å²) in [5, 5.41) is 12.3. The molecule has 1 aliphatic carbocycles. The van der Waals surface area contributed by atoms with Crippen molar-refractivity contribution >= 4 is 27.8 Å². The minimum atomic E-state index is -0.990. The molecule has 0 unspecified atom stereocenters. The molecule has 5 rings (SSSR count). The Balaban J connectivity index is 1.53. The van der Waals surface area contributed by atoms with Crippen LogP contribution in [0.2, 0.25) is 0 Å². The Morgan fingerprint density at radius 1 is 1.22 bits per heavy atom. The van der Waals surface area contributed by atoms with Gasteiger partial charge in [0.1, 0.15) is 0 Å². The normalized spacial score (nSPS) is 15.7. The second-order valence-electron chi connectivity index (χ2n) is 6.58. The molecule has 27 heavy (non-hydrogen) atoms. The molecule has 9 heteroatoms. The fourth-order valence-electron chi connectivity index (χ4n) is 3.17. The zero-order valence-electron chi connectivity index (χ0n) is 14.4. The summed E-state index contributed by atoms with van der Waals surface area (Å²) in [4.78, 5) is 9.47. The standard InChI is InChI=1S/C18H17N7OS/c19-18-22-16(23-24-18)11-3-1-4-13(7-11)25-17-12(9-21-25)8-15(10-20-17)27(26)14-5-2-6-14/h1,3-4,7-10,14H,2,5-6H2,(H3,19,22,23,24)/t27-/m0/s1. The lowest BCUT2D eigenvalue weighted by atomic mass is 10.0. The van der Waals surface area contributed by atoms with E-state index in [1.807, 2.05) is 30.3 Å². The van der Waals surface area contributed by atoms with E-state index < -0.39 is 10.8 Å². The summed E-state index contributed by atoms with van der Waals surface area (Å²) >= 11 is 0. The zero-order chi connectivity index (χ0) is 18.4. The van der Waals surface area contributed by atoms with Gasteiger partial charge in [-0.1, -0.05) is 18.6 Å². The van der Waals surface area contributed by atoms with Crippen LogP contribution in [0.5, 0.6) is 0 Å². The predicted molar refractivity (Wildman–Crippen MR) is 103 cm³/mol. The Morgan fingerprint density at radius 3 is 2.85 bits per heavy atom. The smallest absolute Gasteiger partial charge is 0.239 e. The van der Waals surface area contributed by atoms with Crippen LogP contribution in [0.1, 0.15) is 19.3 Å². The number of aromatic amines is 1. The largest absolute Gasteiger partial charge is 0.366 e. The van der Waals surface area contributed by atoms with Crippen LogP contribution >= 0.6 is 0 Å². The highest BCUT2D eigenvalue weighted by atomic mass is 32.2. The number of H-pyrrole nitrogens is 1. The molecule has 3 aromatic heterocycles. The highest BCUT2D eigenvalue weighted by molar-refractivity contribution is 7.85. The summed E-state index contributed by atoms with van der Waals surface area (Å²) in [5.74, 6) is 0.797. The van der Waals surface area contributed by atoms with Gasteiger partial charge in [0.2, 0.25) is 5.95 Å². The minimum Gasteiger partial charge on any atom is -0.366 e. The lowest BCUT2D eigenvalue weighted by Gasteiger charge is -2.24. The van der Waals surface area contributed by atoms with Crippen molar-refractivity contribution in [1.82, 2.24) is 29.9 Å². The predicted octanol–water partition coefficient (Wildman–Crippen LogP) is 2.45. The number of nitrogens with two attached hydrogens (primary N) is 1. The van der Waals surface area contributed by atoms with Gasteiger partial charge in [0.25, 0.3) is 0 Å². The molecule has 1 aromatic carbocycles. The average molecular weight is 379 g/mol. The van der Waals surface area contributed by atoms with E-state index in [1.165, 1.54) is 0 Å². The summed E-state index contributed by atoms with van der Waals surface area (Å²) < 4.78 is 14.3. The number of pyridine rings is 1. The van der Waals surface area contributed by atoms with Gasteiger partial charge in [0.05, 0.1) is 27.6 Å². The van der Waals surface area contributed by atoms with Gasteiger partial charge in [-0.05, 0) is 31.0 Å². The lowest BCUT2D eigenvalue weighted by molar-refractivity contribution is 0.505. The van der Waals surface area contributed by atoms with Crippen molar-refractivity contribution in [2.45, 2.75) is 29.4 Å². The Labute approximate surface area is 157 Å². The van der Waals surface area contributed by atoms with Gasteiger partial charge in [-0.2, -0.15) is 10.1 Å². The van der Waals surface area contributed by atoms with E-state index in [9.17, 15) is 4.21 Å². The number of anilines is 1. The van der Waals surface area contributed by atoms with E-state index in [1.54, 1.807) is 17.1 Å². The summed E-state index contributed by atoms with van der Waals surface area (Å²) in [6.07, 6.45) is 6.68. The Hall–Kier alpha value is -3.07. The zero-order valence-corrected chi connectivity index (χ0v) is 15.2. The maximum absolute atomic E-state index is 12.6. The number of hydrogen-bond acceptors (Lipinski definition) is 6. The number of nitrogens with zero attached hydrogens (tertiary/aromatic N) is 5. The van der Waals surface area contributed by atoms with Crippen LogP contribution in [0.3, 0.4) is 0 Å². The molecule has 1 fully saturated rings. The van der Waals surface area contributed by atoms with Crippen LogP contribution in [-0.2, 0) is 10.8 Å². The third kappa shape index (κ3) is 2.80. The summed E-state index contributed by atoms with van der Waals surface area (Å²) in [6.45, 7) is 0. The number of nitrogens with one attached hydrogen (secondary N) is 1. The molecule has 3 heterocycles. The van der Waals surface area contributed by atoms with E-state index in [0.29, 0.717) is 5.82 Å². The van der Waals surface area contributed by atoms with Crippen molar-refractivity contribution in [3.8, 4) is 17.1 Å². The van der Waals surface area contributed by atoms with E-state index in [0.717, 1.165) is 46.4 Å². The fourth-order valence-corrected chi connectivity index (χ4v) is 4.71. The first-order valence-electron chi connectivity index (χ1n) is 8.72. The molecule has 3 N–H and O–H groups in total. The van der Waals surface area contributed by atoms with E-state index in [4.69, 9.17) is 5.73 Å². The van der Waals surface area contributed by atoms with Crippen molar-refractivity contribution in [1.29, 1.82) is 0 Å². The molecule has 0 saturated heterocycles. The third-order valence-electron chi connectivity index (χ3n) is 4.84. The Bertz CT molecular complexity index is 1160. The molecule has 8 nitrogen and oxygen atoms in total. The first-order chi connectivity index (χ1) is 13.2. The molecule has 1 aliphatic rings. The first-order valence-corrected chi connectivity index (χ1v) is 9.93. The maximum atomic E-state index is 12.6. The van der Waals surface area contributed by atoms with Crippen molar-refractivity contribution in [3.63, 3.8) is 0 Å². The Morgan fingerprint density at radius 2 is 2.11 bits per heavy atom. The highest BCUT2D eigenvalue weighted by Gasteiger charge is 2.25. The van der Waals surface area contributed by atoms with Crippen LogP contribution in [-0.4, -0.2) is 39.4 Å². The van der Waals surface area contributed by atoms with Crippen LogP contribution in [0.4, 0.5) is 5.95 Å². The summed E-state index contributed by atoms with van der Waals surface area (Å²) in [6, 6.07) is 9.65. The SMILES string of the molecule is Nc1n[nH]c(-c2cccc(-n3ncc4cc([S@@](=O)C5CCC5)cnc43)c2)n1. The van der Waals surface area contributed by atoms with Crippen molar-refractivity contribution < 1.29 is 4.21 Å². The molecule has 4 aromatic rings. The van der Waals surface area contributed by atoms with Crippen LogP contribution in [0.15, 0.2) is 47.6 Å². The molecule has 136 valence electrons. The summed E-state index contributed by atoms with van der Waals surface area (Å²) in [7, 11) is -0.990.